The molecule has 3 aromatic rings. The number of nitrogens with zero attached hydrogens (tertiary/aromatic N) is 5. The maximum atomic E-state index is 13.3. The largest absolute Gasteiger partial charge is 0.278 e. The van der Waals surface area contributed by atoms with Gasteiger partial charge in [-0.05, 0) is 58.9 Å². The van der Waals surface area contributed by atoms with E-state index in [1.807, 2.05) is 66.5 Å². The average molecular weight is 466 g/mol. The van der Waals surface area contributed by atoms with Crippen LogP contribution in [-0.4, -0.2) is 53.2 Å². The van der Waals surface area contributed by atoms with Crippen LogP contribution >= 0.6 is 30.6 Å². The fourth-order valence-electron chi connectivity index (χ4n) is 3.58. The lowest BCUT2D eigenvalue weighted by Gasteiger charge is -2.36. The first-order valence-corrected chi connectivity index (χ1v) is 12.1. The van der Waals surface area contributed by atoms with Gasteiger partial charge in [0.2, 0.25) is 0 Å². The first kappa shape index (κ1) is 23.0. The van der Waals surface area contributed by atoms with Crippen LogP contribution in [0.1, 0.15) is 23.7 Å². The Kier molecular flexibility index (Phi) is 7.05. The van der Waals surface area contributed by atoms with E-state index < -0.39 is 7.36 Å². The molecule has 0 spiro atoms. The van der Waals surface area contributed by atoms with E-state index in [2.05, 4.69) is 6.92 Å². The zero-order valence-corrected chi connectivity index (χ0v) is 20.2. The molecule has 0 aliphatic carbocycles. The number of carbonyl (C=O) groups excluding carboxylic acids is 1. The smallest absolute Gasteiger partial charge is 0.267 e. The van der Waals surface area contributed by atoms with Crippen molar-refractivity contribution in [3.63, 3.8) is 0 Å². The lowest BCUT2D eigenvalue weighted by molar-refractivity contribution is 0.100. The van der Waals surface area contributed by atoms with Gasteiger partial charge in [0.05, 0.1) is 5.52 Å². The number of fused-ring (bicyclic) bond motifs is 1. The minimum atomic E-state index is -2.65. The Morgan fingerprint density at radius 3 is 2.23 bits per heavy atom. The van der Waals surface area contributed by atoms with Crippen LogP contribution in [0.25, 0.3) is 10.9 Å². The van der Waals surface area contributed by atoms with Crippen molar-refractivity contribution >= 4 is 52.8 Å². The SMILES string of the molecule is CCCn1nc2ccccc2c1P(=NC(=O)c1cc(Cl)cc(Cl)c1)(N(C)C)N(C)C. The molecule has 30 heavy (non-hydrogen) atoms. The van der Waals surface area contributed by atoms with E-state index in [-0.39, 0.29) is 5.91 Å². The molecule has 0 saturated heterocycles. The second-order valence-electron chi connectivity index (χ2n) is 7.39. The van der Waals surface area contributed by atoms with E-state index in [4.69, 9.17) is 33.0 Å². The highest BCUT2D eigenvalue weighted by molar-refractivity contribution is 7.70. The summed E-state index contributed by atoms with van der Waals surface area (Å²) in [7, 11) is 5.15. The number of hydrogen-bond donors (Lipinski definition) is 0. The van der Waals surface area contributed by atoms with Gasteiger partial charge in [-0.15, -0.1) is 0 Å². The summed E-state index contributed by atoms with van der Waals surface area (Å²) in [6, 6.07) is 12.8. The van der Waals surface area contributed by atoms with E-state index in [0.717, 1.165) is 29.3 Å². The van der Waals surface area contributed by atoms with Crippen molar-refractivity contribution in [1.29, 1.82) is 0 Å². The number of benzene rings is 2. The zero-order valence-electron chi connectivity index (χ0n) is 17.8. The first-order chi connectivity index (χ1) is 14.2. The Balaban J connectivity index is 2.36. The Morgan fingerprint density at radius 2 is 1.67 bits per heavy atom. The normalized spacial score (nSPS) is 12.2. The second kappa shape index (κ2) is 9.21. The molecule has 3 rings (SSSR count). The summed E-state index contributed by atoms with van der Waals surface area (Å²) in [5, 5.41) is 6.63. The topological polar surface area (TPSA) is 53.7 Å². The van der Waals surface area contributed by atoms with Gasteiger partial charge in [-0.1, -0.05) is 48.3 Å². The van der Waals surface area contributed by atoms with Gasteiger partial charge in [0.1, 0.15) is 5.44 Å². The molecule has 6 nitrogen and oxygen atoms in total. The molecule has 0 fully saturated rings. The lowest BCUT2D eigenvalue weighted by atomic mass is 10.2. The molecule has 0 saturated carbocycles. The molecule has 1 aromatic heterocycles. The molecule has 0 aliphatic heterocycles. The van der Waals surface area contributed by atoms with Crippen molar-refractivity contribution in [2.24, 2.45) is 4.74 Å². The number of hydrogen-bond acceptors (Lipinski definition) is 2. The van der Waals surface area contributed by atoms with Gasteiger partial charge < -0.3 is 0 Å². The monoisotopic (exact) mass is 465 g/mol. The number of halogens is 2. The molecule has 1 amide bonds. The third-order valence-corrected chi connectivity index (χ3v) is 8.96. The highest BCUT2D eigenvalue weighted by Gasteiger charge is 2.35. The molecule has 0 bridgehead atoms. The molecule has 0 aliphatic rings. The summed E-state index contributed by atoms with van der Waals surface area (Å²) in [5.74, 6) is -0.358. The summed E-state index contributed by atoms with van der Waals surface area (Å²) >= 11 is 12.3. The van der Waals surface area contributed by atoms with Crippen LogP contribution < -0.4 is 5.44 Å². The number of aromatic nitrogens is 2. The van der Waals surface area contributed by atoms with Gasteiger partial charge in [0.25, 0.3) is 5.91 Å². The van der Waals surface area contributed by atoms with Crippen molar-refractivity contribution in [1.82, 2.24) is 19.1 Å². The molecule has 0 unspecified atom stereocenters. The maximum absolute atomic E-state index is 13.3. The van der Waals surface area contributed by atoms with Crippen molar-refractivity contribution in [2.45, 2.75) is 19.9 Å². The summed E-state index contributed by atoms with van der Waals surface area (Å²) in [4.78, 5) is 13.3. The predicted molar refractivity (Wildman–Crippen MR) is 127 cm³/mol. The van der Waals surface area contributed by atoms with E-state index in [0.29, 0.717) is 15.6 Å². The van der Waals surface area contributed by atoms with Crippen LogP contribution in [0.4, 0.5) is 0 Å². The highest BCUT2D eigenvalue weighted by Crippen LogP contribution is 2.53. The van der Waals surface area contributed by atoms with E-state index in [1.54, 1.807) is 18.2 Å². The minimum absolute atomic E-state index is 0.358. The van der Waals surface area contributed by atoms with Crippen LogP contribution in [0.5, 0.6) is 0 Å². The molecule has 9 heteroatoms. The summed E-state index contributed by atoms with van der Waals surface area (Å²) in [6.45, 7) is 2.85. The molecule has 0 N–H and O–H groups in total. The van der Waals surface area contributed by atoms with Crippen molar-refractivity contribution < 1.29 is 4.79 Å². The lowest BCUT2D eigenvalue weighted by Crippen LogP contribution is -2.34. The van der Waals surface area contributed by atoms with E-state index in [9.17, 15) is 4.79 Å². The van der Waals surface area contributed by atoms with Gasteiger partial charge in [-0.25, -0.2) is 0 Å². The molecule has 2 aromatic carbocycles. The van der Waals surface area contributed by atoms with Crippen molar-refractivity contribution in [3.8, 4) is 0 Å². The average Bonchev–Trinajstić information content (AvgIpc) is 3.03. The highest BCUT2D eigenvalue weighted by atomic mass is 35.5. The fraction of sp³-hybridized carbons (Fsp3) is 0.333. The Labute approximate surface area is 187 Å². The van der Waals surface area contributed by atoms with Crippen LogP contribution in [0, 0.1) is 0 Å². The zero-order chi connectivity index (χ0) is 22.1. The van der Waals surface area contributed by atoms with Crippen molar-refractivity contribution in [3.05, 3.63) is 58.1 Å². The molecule has 0 atom stereocenters. The molecular formula is C21H26Cl2N5OP. The van der Waals surface area contributed by atoms with Gasteiger partial charge in [0.15, 0.2) is 7.36 Å². The van der Waals surface area contributed by atoms with Crippen LogP contribution in [0.15, 0.2) is 47.2 Å². The summed E-state index contributed by atoms with van der Waals surface area (Å²) < 4.78 is 10.9. The van der Waals surface area contributed by atoms with Gasteiger partial charge in [-0.3, -0.25) is 18.8 Å². The molecule has 160 valence electrons. The molecule has 0 radical (unpaired) electrons. The number of amides is 1. The Hall–Kier alpha value is -1.69. The number of aryl methyl sites for hydroxylation is 1. The second-order valence-corrected chi connectivity index (χ2v) is 11.6. The van der Waals surface area contributed by atoms with Crippen LogP contribution in [0.3, 0.4) is 0 Å². The van der Waals surface area contributed by atoms with Gasteiger partial charge in [-0.2, -0.15) is 9.84 Å². The minimum Gasteiger partial charge on any atom is -0.267 e. The third-order valence-electron chi connectivity index (χ3n) is 4.79. The summed E-state index contributed by atoms with van der Waals surface area (Å²) in [5.41, 5.74) is 2.21. The molecule has 1 heterocycles. The Morgan fingerprint density at radius 1 is 1.07 bits per heavy atom. The third kappa shape index (κ3) is 4.20. The summed E-state index contributed by atoms with van der Waals surface area (Å²) in [6.07, 6.45) is 0.916. The maximum Gasteiger partial charge on any atom is 0.278 e. The van der Waals surface area contributed by atoms with E-state index in [1.165, 1.54) is 0 Å². The van der Waals surface area contributed by atoms with Gasteiger partial charge in [0, 0.05) is 27.5 Å². The number of rotatable bonds is 6. The van der Waals surface area contributed by atoms with Crippen LogP contribution in [0.2, 0.25) is 10.0 Å². The van der Waals surface area contributed by atoms with Gasteiger partial charge >= 0.3 is 0 Å². The molecular weight excluding hydrogens is 440 g/mol. The first-order valence-electron chi connectivity index (χ1n) is 9.65. The van der Waals surface area contributed by atoms with Crippen LogP contribution in [-0.2, 0) is 6.54 Å². The van der Waals surface area contributed by atoms with E-state index >= 15 is 0 Å². The quantitative estimate of drug-likeness (QED) is 0.459. The number of carbonyl (C=O) groups is 1. The predicted octanol–water partition coefficient (Wildman–Crippen LogP) is 5.37. The fourth-order valence-corrected chi connectivity index (χ4v) is 7.36. The Bertz CT molecular complexity index is 1110. The van der Waals surface area contributed by atoms with Crippen molar-refractivity contribution in [2.75, 3.05) is 28.2 Å². The standard InChI is InChI=1S/C21H26Cl2N5OP/c1-6-11-28-21(18-9-7-8-10-19(18)24-28)30(26(2)3,27(4)5)25-20(29)15-12-16(22)14-17(23)13-15/h7-10,12-14H,6,11H2,1-5H3.